The first-order valence-electron chi connectivity index (χ1n) is 12.9. The monoisotopic (exact) mass is 574 g/mol. The number of carbonyl (C=O) groups excluding carboxylic acids is 2. The standard InChI is InChI=1S/C24H42N6O2.HI/c1-25-24(28-21-8-4-7-19(17-21)22(31)27-20-9-10-20)26-11-12-29-13-15-30(16-14-29)23(32)18-5-2-3-6-18;/h18-21H,2-17H2,1H3,(H,27,31)(H2,25,26,28);1H. The van der Waals surface area contributed by atoms with Crippen LogP contribution in [0.2, 0.25) is 0 Å². The predicted molar refractivity (Wildman–Crippen MR) is 142 cm³/mol. The summed E-state index contributed by atoms with van der Waals surface area (Å²) in [4.78, 5) is 33.9. The first kappa shape index (κ1) is 26.5. The fourth-order valence-corrected chi connectivity index (χ4v) is 5.45. The number of piperazine rings is 1. The van der Waals surface area contributed by atoms with Gasteiger partial charge < -0.3 is 20.9 Å². The third-order valence-electron chi connectivity index (χ3n) is 7.64. The van der Waals surface area contributed by atoms with Crippen molar-refractivity contribution >= 4 is 41.8 Å². The number of amides is 2. The first-order chi connectivity index (χ1) is 15.6. The van der Waals surface area contributed by atoms with Crippen LogP contribution in [-0.2, 0) is 9.59 Å². The molecule has 0 aromatic heterocycles. The van der Waals surface area contributed by atoms with E-state index in [4.69, 9.17) is 0 Å². The summed E-state index contributed by atoms with van der Waals surface area (Å²) >= 11 is 0. The second-order valence-electron chi connectivity index (χ2n) is 10.1. The molecule has 0 aromatic carbocycles. The molecule has 8 nitrogen and oxygen atoms in total. The molecule has 0 spiro atoms. The Kier molecular flexibility index (Phi) is 10.5. The van der Waals surface area contributed by atoms with Gasteiger partial charge in [-0.2, -0.15) is 0 Å². The molecule has 1 saturated heterocycles. The van der Waals surface area contributed by atoms with E-state index >= 15 is 0 Å². The maximum Gasteiger partial charge on any atom is 0.225 e. The molecule has 2 atom stereocenters. The van der Waals surface area contributed by atoms with Crippen molar-refractivity contribution in [1.29, 1.82) is 0 Å². The van der Waals surface area contributed by atoms with E-state index in [9.17, 15) is 9.59 Å². The normalized spacial score (nSPS) is 27.1. The van der Waals surface area contributed by atoms with Crippen LogP contribution in [0, 0.1) is 11.8 Å². The Morgan fingerprint density at radius 1 is 0.848 bits per heavy atom. The van der Waals surface area contributed by atoms with E-state index in [2.05, 4.69) is 30.7 Å². The van der Waals surface area contributed by atoms with Crippen molar-refractivity contribution in [2.24, 2.45) is 16.8 Å². The minimum Gasteiger partial charge on any atom is -0.355 e. The van der Waals surface area contributed by atoms with Crippen LogP contribution in [0.5, 0.6) is 0 Å². The summed E-state index contributed by atoms with van der Waals surface area (Å²) in [7, 11) is 1.81. The van der Waals surface area contributed by atoms with Gasteiger partial charge in [0.25, 0.3) is 0 Å². The number of aliphatic imine (C=N–C) groups is 1. The highest BCUT2D eigenvalue weighted by Gasteiger charge is 2.32. The Hall–Kier alpha value is -1.10. The molecule has 4 aliphatic rings. The molecule has 3 N–H and O–H groups in total. The Morgan fingerprint density at radius 3 is 2.21 bits per heavy atom. The number of rotatable bonds is 7. The number of carbonyl (C=O) groups is 2. The minimum absolute atomic E-state index is 0. The van der Waals surface area contributed by atoms with Crippen molar-refractivity contribution in [3.8, 4) is 0 Å². The van der Waals surface area contributed by atoms with Gasteiger partial charge in [-0.1, -0.05) is 19.3 Å². The maximum atomic E-state index is 12.6. The summed E-state index contributed by atoms with van der Waals surface area (Å²) in [5.74, 6) is 1.88. The maximum absolute atomic E-state index is 12.6. The highest BCUT2D eigenvalue weighted by Crippen LogP contribution is 2.27. The molecule has 0 bridgehead atoms. The van der Waals surface area contributed by atoms with Crippen LogP contribution in [0.3, 0.4) is 0 Å². The molecule has 188 valence electrons. The first-order valence-corrected chi connectivity index (χ1v) is 12.9. The lowest BCUT2D eigenvalue weighted by Crippen LogP contribution is -2.52. The van der Waals surface area contributed by atoms with E-state index in [0.29, 0.717) is 18.0 Å². The second kappa shape index (κ2) is 13.1. The van der Waals surface area contributed by atoms with Gasteiger partial charge in [0.05, 0.1) is 0 Å². The third-order valence-corrected chi connectivity index (χ3v) is 7.64. The SMILES string of the molecule is CN=C(NCCN1CCN(C(=O)C2CCCC2)CC1)NC1CCCC(C(=O)NC2CC2)C1.I. The number of hydrogen-bond donors (Lipinski definition) is 3. The van der Waals surface area contributed by atoms with Crippen molar-refractivity contribution in [2.75, 3.05) is 46.3 Å². The minimum atomic E-state index is 0. The number of hydrogen-bond acceptors (Lipinski definition) is 4. The van der Waals surface area contributed by atoms with E-state index in [-0.39, 0.29) is 41.7 Å². The third kappa shape index (κ3) is 7.97. The predicted octanol–water partition coefficient (Wildman–Crippen LogP) is 1.94. The van der Waals surface area contributed by atoms with Gasteiger partial charge >= 0.3 is 0 Å². The molecular weight excluding hydrogens is 531 g/mol. The van der Waals surface area contributed by atoms with Gasteiger partial charge in [0.1, 0.15) is 0 Å². The molecule has 0 aromatic rings. The molecule has 0 radical (unpaired) electrons. The number of nitrogens with zero attached hydrogens (tertiary/aromatic N) is 3. The summed E-state index contributed by atoms with van der Waals surface area (Å²) in [5, 5.41) is 10.1. The summed E-state index contributed by atoms with van der Waals surface area (Å²) in [6, 6.07) is 0.739. The van der Waals surface area contributed by atoms with Crippen molar-refractivity contribution in [1.82, 2.24) is 25.8 Å². The molecule has 1 aliphatic heterocycles. The van der Waals surface area contributed by atoms with Gasteiger partial charge in [-0.3, -0.25) is 19.5 Å². The molecule has 9 heteroatoms. The molecule has 2 amide bonds. The lowest BCUT2D eigenvalue weighted by molar-refractivity contribution is -0.137. The smallest absolute Gasteiger partial charge is 0.225 e. The van der Waals surface area contributed by atoms with Crippen LogP contribution in [0.1, 0.15) is 64.2 Å². The summed E-state index contributed by atoms with van der Waals surface area (Å²) in [6.07, 6.45) is 10.9. The zero-order valence-electron chi connectivity index (χ0n) is 20.2. The van der Waals surface area contributed by atoms with E-state index in [1.165, 1.54) is 12.8 Å². The lowest BCUT2D eigenvalue weighted by atomic mass is 9.85. The highest BCUT2D eigenvalue weighted by molar-refractivity contribution is 14.0. The number of halogens is 1. The fraction of sp³-hybridized carbons (Fsp3) is 0.875. The zero-order chi connectivity index (χ0) is 22.3. The second-order valence-corrected chi connectivity index (χ2v) is 10.1. The van der Waals surface area contributed by atoms with Gasteiger partial charge in [0.15, 0.2) is 5.96 Å². The molecule has 3 saturated carbocycles. The van der Waals surface area contributed by atoms with E-state index in [0.717, 1.165) is 96.6 Å². The molecule has 4 fully saturated rings. The quantitative estimate of drug-likeness (QED) is 0.246. The van der Waals surface area contributed by atoms with Gasteiger partial charge in [-0.05, 0) is 44.9 Å². The van der Waals surface area contributed by atoms with Crippen LogP contribution < -0.4 is 16.0 Å². The highest BCUT2D eigenvalue weighted by atomic mass is 127. The molecule has 1 heterocycles. The van der Waals surface area contributed by atoms with Crippen LogP contribution in [0.25, 0.3) is 0 Å². The summed E-state index contributed by atoms with van der Waals surface area (Å²) in [6.45, 7) is 5.39. The van der Waals surface area contributed by atoms with Gasteiger partial charge in [-0.25, -0.2) is 0 Å². The van der Waals surface area contributed by atoms with Crippen LogP contribution in [-0.4, -0.2) is 86.0 Å². The van der Waals surface area contributed by atoms with Gasteiger partial charge in [0.2, 0.25) is 11.8 Å². The fourth-order valence-electron chi connectivity index (χ4n) is 5.45. The van der Waals surface area contributed by atoms with Crippen LogP contribution in [0.4, 0.5) is 0 Å². The van der Waals surface area contributed by atoms with E-state index in [1.54, 1.807) is 0 Å². The lowest BCUT2D eigenvalue weighted by Gasteiger charge is -2.36. The van der Waals surface area contributed by atoms with Gasteiger partial charge in [-0.15, -0.1) is 24.0 Å². The Labute approximate surface area is 216 Å². The summed E-state index contributed by atoms with van der Waals surface area (Å²) < 4.78 is 0. The largest absolute Gasteiger partial charge is 0.355 e. The Morgan fingerprint density at radius 2 is 1.55 bits per heavy atom. The molecule has 2 unspecified atom stereocenters. The average molecular weight is 575 g/mol. The van der Waals surface area contributed by atoms with Crippen LogP contribution >= 0.6 is 24.0 Å². The molecule has 3 aliphatic carbocycles. The molecule has 4 rings (SSSR count). The van der Waals surface area contributed by atoms with Crippen molar-refractivity contribution in [3.63, 3.8) is 0 Å². The van der Waals surface area contributed by atoms with E-state index in [1.807, 2.05) is 7.05 Å². The van der Waals surface area contributed by atoms with Crippen molar-refractivity contribution in [3.05, 3.63) is 0 Å². The van der Waals surface area contributed by atoms with E-state index < -0.39 is 0 Å². The average Bonchev–Trinajstić information content (AvgIpc) is 3.46. The molecule has 33 heavy (non-hydrogen) atoms. The number of guanidine groups is 1. The topological polar surface area (TPSA) is 89.1 Å². The van der Waals surface area contributed by atoms with Gasteiger partial charge in [0, 0.05) is 70.2 Å². The van der Waals surface area contributed by atoms with Crippen molar-refractivity contribution in [2.45, 2.75) is 76.3 Å². The number of nitrogens with one attached hydrogen (secondary N) is 3. The van der Waals surface area contributed by atoms with Crippen molar-refractivity contribution < 1.29 is 9.59 Å². The Bertz CT molecular complexity index is 672. The Balaban J connectivity index is 0.00000306. The zero-order valence-corrected chi connectivity index (χ0v) is 22.5. The van der Waals surface area contributed by atoms with Crippen LogP contribution in [0.15, 0.2) is 4.99 Å². The summed E-state index contributed by atoms with van der Waals surface area (Å²) in [5.41, 5.74) is 0. The molecular formula is C24H43IN6O2.